The summed E-state index contributed by atoms with van der Waals surface area (Å²) in [5.74, 6) is -0.365. The van der Waals surface area contributed by atoms with Gasteiger partial charge in [0.1, 0.15) is 4.90 Å². The molecule has 0 N–H and O–H groups in total. The predicted octanol–water partition coefficient (Wildman–Crippen LogP) is 5.52. The van der Waals surface area contributed by atoms with Crippen LogP contribution in [0, 0.1) is 0 Å². The van der Waals surface area contributed by atoms with Crippen molar-refractivity contribution in [3.8, 4) is 11.5 Å². The molecule has 7 nitrogen and oxygen atoms in total. The van der Waals surface area contributed by atoms with Gasteiger partial charge in [-0.2, -0.15) is 21.6 Å². The highest BCUT2D eigenvalue weighted by molar-refractivity contribution is 7.87. The predicted molar refractivity (Wildman–Crippen MR) is 121 cm³/mol. The van der Waals surface area contributed by atoms with E-state index in [1.165, 1.54) is 25.5 Å². The molecule has 0 bridgehead atoms. The maximum Gasteiger partial charge on any atom is 0.416 e. The van der Waals surface area contributed by atoms with Crippen LogP contribution in [0.5, 0.6) is 11.5 Å². The summed E-state index contributed by atoms with van der Waals surface area (Å²) in [4.78, 5) is 13.8. The van der Waals surface area contributed by atoms with Crippen LogP contribution in [0.25, 0.3) is 0 Å². The van der Waals surface area contributed by atoms with E-state index in [1.807, 2.05) is 13.8 Å². The molecule has 3 aromatic rings. The van der Waals surface area contributed by atoms with Crippen LogP contribution in [0.1, 0.15) is 41.9 Å². The van der Waals surface area contributed by atoms with Crippen LogP contribution < -0.4 is 8.92 Å². The number of hydrogen-bond donors (Lipinski definition) is 0. The highest BCUT2D eigenvalue weighted by atomic mass is 32.2. The van der Waals surface area contributed by atoms with Crippen LogP contribution >= 0.6 is 0 Å². The Morgan fingerprint density at radius 3 is 2.43 bits per heavy atom. The van der Waals surface area contributed by atoms with Crippen molar-refractivity contribution >= 4 is 16.0 Å². The minimum absolute atomic E-state index is 0.0525. The Balaban J connectivity index is 1.93. The molecule has 0 saturated heterocycles. The van der Waals surface area contributed by atoms with Gasteiger partial charge >= 0.3 is 16.3 Å². The number of nitrogens with zero attached hydrogens (tertiary/aromatic N) is 1. The van der Waals surface area contributed by atoms with E-state index in [4.69, 9.17) is 13.3 Å². The van der Waals surface area contributed by atoms with Crippen molar-refractivity contribution in [3.63, 3.8) is 0 Å². The van der Waals surface area contributed by atoms with Crippen LogP contribution in [0.3, 0.4) is 0 Å². The van der Waals surface area contributed by atoms with Crippen molar-refractivity contribution in [2.45, 2.75) is 43.9 Å². The van der Waals surface area contributed by atoms with E-state index < -0.39 is 26.8 Å². The van der Waals surface area contributed by atoms with E-state index in [0.29, 0.717) is 18.1 Å². The molecule has 0 spiro atoms. The number of rotatable bonds is 9. The second-order valence-corrected chi connectivity index (χ2v) is 9.26. The molecule has 1 heterocycles. The zero-order valence-corrected chi connectivity index (χ0v) is 20.0. The lowest BCUT2D eigenvalue weighted by Crippen LogP contribution is -2.37. The normalized spacial score (nSPS) is 12.7. The summed E-state index contributed by atoms with van der Waals surface area (Å²) in [7, 11) is -3.33. The van der Waals surface area contributed by atoms with Gasteiger partial charge in [-0.3, -0.25) is 4.79 Å². The number of ether oxygens (including phenoxy) is 1. The van der Waals surface area contributed by atoms with Gasteiger partial charge in [0, 0.05) is 12.6 Å². The van der Waals surface area contributed by atoms with E-state index in [9.17, 15) is 26.4 Å². The molecular weight excluding hydrogens is 487 g/mol. The van der Waals surface area contributed by atoms with Crippen molar-refractivity contribution < 1.29 is 39.7 Å². The first-order chi connectivity index (χ1) is 16.5. The lowest BCUT2D eigenvalue weighted by atomic mass is 10.1. The first-order valence-electron chi connectivity index (χ1n) is 10.6. The molecule has 0 aliphatic heterocycles. The lowest BCUT2D eigenvalue weighted by Gasteiger charge is -2.28. The third-order valence-electron chi connectivity index (χ3n) is 5.35. The highest BCUT2D eigenvalue weighted by Gasteiger charge is 2.32. The fourth-order valence-corrected chi connectivity index (χ4v) is 4.24. The number of amides is 1. The van der Waals surface area contributed by atoms with Gasteiger partial charge in [-0.1, -0.05) is 19.1 Å². The van der Waals surface area contributed by atoms with Gasteiger partial charge in [-0.25, -0.2) is 0 Å². The summed E-state index contributed by atoms with van der Waals surface area (Å²) in [6.45, 7) is 3.87. The Labute approximate surface area is 201 Å². The van der Waals surface area contributed by atoms with Crippen molar-refractivity contribution in [1.29, 1.82) is 0 Å². The summed E-state index contributed by atoms with van der Waals surface area (Å²) in [5.41, 5.74) is -0.608. The second-order valence-electron chi connectivity index (χ2n) is 7.72. The Morgan fingerprint density at radius 2 is 1.83 bits per heavy atom. The van der Waals surface area contributed by atoms with E-state index >= 15 is 0 Å². The Kier molecular flexibility index (Phi) is 7.79. The van der Waals surface area contributed by atoms with Gasteiger partial charge in [0.25, 0.3) is 5.91 Å². The van der Waals surface area contributed by atoms with Crippen molar-refractivity contribution in [2.75, 3.05) is 7.11 Å². The largest absolute Gasteiger partial charge is 0.493 e. The van der Waals surface area contributed by atoms with Gasteiger partial charge in [0.05, 0.1) is 18.9 Å². The Hall–Kier alpha value is -3.47. The molecule has 1 aromatic heterocycles. The van der Waals surface area contributed by atoms with Gasteiger partial charge in [-0.05, 0) is 61.4 Å². The number of furan rings is 1. The van der Waals surface area contributed by atoms with Crippen LogP contribution in [0.2, 0.25) is 0 Å². The average molecular weight is 512 g/mol. The number of alkyl halides is 3. The summed E-state index contributed by atoms with van der Waals surface area (Å²) in [6.07, 6.45) is -2.68. The molecule has 1 unspecified atom stereocenters. The van der Waals surface area contributed by atoms with E-state index in [1.54, 1.807) is 23.1 Å². The minimum Gasteiger partial charge on any atom is -0.493 e. The number of halogens is 3. The maximum absolute atomic E-state index is 13.0. The standard InChI is InChI=1S/C24H24F3NO6S/c1-4-16(2)28(23(29)21-9-6-12-33-21)15-17-10-11-20(32-3)22(13-17)34-35(30,31)19-8-5-7-18(14-19)24(25,26)27/h5-14,16H,4,15H2,1-3H3. The molecule has 1 atom stereocenters. The monoisotopic (exact) mass is 511 g/mol. The van der Waals surface area contributed by atoms with Gasteiger partial charge in [-0.15, -0.1) is 0 Å². The molecule has 0 aliphatic carbocycles. The quantitative estimate of drug-likeness (QED) is 0.352. The first-order valence-corrected chi connectivity index (χ1v) is 12.0. The van der Waals surface area contributed by atoms with Crippen LogP contribution in [0.4, 0.5) is 13.2 Å². The Morgan fingerprint density at radius 1 is 1.09 bits per heavy atom. The zero-order valence-electron chi connectivity index (χ0n) is 19.2. The fraction of sp³-hybridized carbons (Fsp3) is 0.292. The van der Waals surface area contributed by atoms with E-state index in [2.05, 4.69) is 0 Å². The number of carbonyl (C=O) groups is 1. The summed E-state index contributed by atoms with van der Waals surface area (Å²) >= 11 is 0. The molecule has 11 heteroatoms. The topological polar surface area (TPSA) is 86.0 Å². The summed E-state index contributed by atoms with van der Waals surface area (Å²) < 4.78 is 80.3. The van der Waals surface area contributed by atoms with Gasteiger partial charge in [0.15, 0.2) is 17.3 Å². The van der Waals surface area contributed by atoms with Crippen molar-refractivity contribution in [3.05, 3.63) is 77.7 Å². The summed E-state index contributed by atoms with van der Waals surface area (Å²) in [6, 6.07) is 10.7. The van der Waals surface area contributed by atoms with E-state index in [0.717, 1.165) is 18.2 Å². The molecule has 1 amide bonds. The highest BCUT2D eigenvalue weighted by Crippen LogP contribution is 2.34. The third kappa shape index (κ3) is 6.16. The molecule has 188 valence electrons. The smallest absolute Gasteiger partial charge is 0.416 e. The number of carbonyl (C=O) groups excluding carboxylic acids is 1. The number of methoxy groups -OCH3 is 1. The SMILES string of the molecule is CCC(C)N(Cc1ccc(OC)c(OS(=O)(=O)c2cccc(C(F)(F)F)c2)c1)C(=O)c1ccco1. The number of benzene rings is 2. The van der Waals surface area contributed by atoms with Gasteiger partial charge in [0.2, 0.25) is 0 Å². The first kappa shape index (κ1) is 26.1. The Bertz CT molecular complexity index is 1270. The summed E-state index contributed by atoms with van der Waals surface area (Å²) in [5, 5.41) is 0. The molecule has 0 fully saturated rings. The molecular formula is C24H24F3NO6S. The van der Waals surface area contributed by atoms with Crippen LogP contribution in [-0.4, -0.2) is 32.4 Å². The number of hydrogen-bond acceptors (Lipinski definition) is 6. The molecule has 0 saturated carbocycles. The minimum atomic E-state index is -4.72. The maximum atomic E-state index is 13.0. The van der Waals surface area contributed by atoms with Crippen molar-refractivity contribution in [2.24, 2.45) is 0 Å². The van der Waals surface area contributed by atoms with Crippen molar-refractivity contribution in [1.82, 2.24) is 4.90 Å². The molecule has 35 heavy (non-hydrogen) atoms. The van der Waals surface area contributed by atoms with Gasteiger partial charge < -0.3 is 18.2 Å². The molecule has 2 aromatic carbocycles. The molecule has 3 rings (SSSR count). The molecule has 0 aliphatic rings. The van der Waals surface area contributed by atoms with Crippen LogP contribution in [-0.2, 0) is 22.8 Å². The van der Waals surface area contributed by atoms with Crippen LogP contribution in [0.15, 0.2) is 70.2 Å². The zero-order chi connectivity index (χ0) is 25.8. The van der Waals surface area contributed by atoms with E-state index in [-0.39, 0.29) is 35.8 Å². The third-order valence-corrected chi connectivity index (χ3v) is 6.58. The molecule has 0 radical (unpaired) electrons. The second kappa shape index (κ2) is 10.4. The average Bonchev–Trinajstić information content (AvgIpc) is 3.36. The fourth-order valence-electron chi connectivity index (χ4n) is 3.27. The lowest BCUT2D eigenvalue weighted by molar-refractivity contribution is -0.137.